The van der Waals surface area contributed by atoms with Gasteiger partial charge in [0, 0.05) is 109 Å². The molecule has 0 amide bonds. The average molecular weight is 903 g/mol. The van der Waals surface area contributed by atoms with Gasteiger partial charge in [0.05, 0.1) is 0 Å². The first-order valence-corrected chi connectivity index (χ1v) is 22.8. The van der Waals surface area contributed by atoms with Crippen molar-refractivity contribution in [3.63, 3.8) is 0 Å². The third kappa shape index (κ3) is 11.2. The maximum Gasteiger partial charge on any atom is 0.324 e. The molecule has 20 heteroatoms. The van der Waals surface area contributed by atoms with E-state index >= 15 is 0 Å². The Balaban J connectivity index is 1.21. The number of hydrogen-bond donors (Lipinski definition) is 6. The lowest BCUT2D eigenvalue weighted by atomic mass is 9.80. The molecule has 64 heavy (non-hydrogen) atoms. The molecule has 4 aliphatic heterocycles. The van der Waals surface area contributed by atoms with Crippen LogP contribution in [0.5, 0.6) is 24.0 Å². The Morgan fingerprint density at radius 2 is 0.531 bits per heavy atom. The summed E-state index contributed by atoms with van der Waals surface area (Å²) in [6, 6.07) is 0.387. The highest BCUT2D eigenvalue weighted by molar-refractivity contribution is 5.31. The Bertz CT molecular complexity index is 1630. The molecule has 4 aliphatic rings. The quantitative estimate of drug-likeness (QED) is 0.114. The zero-order valence-electron chi connectivity index (χ0n) is 41.3. The fourth-order valence-electron chi connectivity index (χ4n) is 11.0. The standard InChI is InChI=1S/C44H78N12O8/c1-37(2)19-27(20-38(3,4)53(37)57)61-33-47-31(48-34(51-33)62-28-21-39(5,6)54(58)40(7,8)22-28)45-17-18-46-32-49-35(63-29-23-41(9,10)55(59)42(11,12)24-29)52-36(50-32)64-30-25-43(13,14)56(60)44(15,16)26-30/h27-30,57-60H,17-26H2,1-16H3,(H,45,47,48,51)(H,46,49,50,52). The number of hydroxylamine groups is 8. The molecule has 0 aromatic carbocycles. The monoisotopic (exact) mass is 903 g/mol. The second kappa shape index (κ2) is 17.3. The Morgan fingerprint density at radius 3 is 0.703 bits per heavy atom. The molecule has 0 radical (unpaired) electrons. The molecule has 4 fully saturated rings. The number of piperidine rings is 4. The molecule has 0 atom stereocenters. The first-order chi connectivity index (χ1) is 29.2. The first-order valence-electron chi connectivity index (χ1n) is 22.8. The summed E-state index contributed by atoms with van der Waals surface area (Å²) in [6.45, 7) is 32.2. The highest BCUT2D eigenvalue weighted by atomic mass is 16.5. The summed E-state index contributed by atoms with van der Waals surface area (Å²) in [6.07, 6.45) is 3.09. The van der Waals surface area contributed by atoms with Gasteiger partial charge in [-0.2, -0.15) is 40.2 Å². The summed E-state index contributed by atoms with van der Waals surface area (Å²) < 4.78 is 25.8. The number of hydrogen-bond acceptors (Lipinski definition) is 20. The van der Waals surface area contributed by atoms with Gasteiger partial charge in [0.15, 0.2) is 0 Å². The molecular weight excluding hydrogens is 825 g/mol. The van der Waals surface area contributed by atoms with Crippen LogP contribution in [0.4, 0.5) is 11.9 Å². The molecule has 2 aromatic rings. The van der Waals surface area contributed by atoms with E-state index < -0.39 is 44.3 Å². The van der Waals surface area contributed by atoms with Crippen molar-refractivity contribution >= 4 is 11.9 Å². The molecule has 20 nitrogen and oxygen atoms in total. The van der Waals surface area contributed by atoms with E-state index in [2.05, 4.69) is 40.5 Å². The summed E-state index contributed by atoms with van der Waals surface area (Å²) in [5, 5.41) is 55.9. The summed E-state index contributed by atoms with van der Waals surface area (Å²) in [5.74, 6) is 0.477. The van der Waals surface area contributed by atoms with E-state index in [1.165, 1.54) is 20.3 Å². The molecule has 0 spiro atoms. The first kappa shape index (κ1) is 49.9. The van der Waals surface area contributed by atoms with Crippen molar-refractivity contribution in [1.29, 1.82) is 0 Å². The van der Waals surface area contributed by atoms with Crippen molar-refractivity contribution in [3.8, 4) is 24.0 Å². The van der Waals surface area contributed by atoms with Gasteiger partial charge in [-0.1, -0.05) is 0 Å². The van der Waals surface area contributed by atoms with Crippen molar-refractivity contribution in [1.82, 2.24) is 50.2 Å². The Morgan fingerprint density at radius 1 is 0.359 bits per heavy atom. The highest BCUT2D eigenvalue weighted by Gasteiger charge is 2.50. The zero-order valence-corrected chi connectivity index (χ0v) is 41.3. The van der Waals surface area contributed by atoms with Crippen LogP contribution in [0.3, 0.4) is 0 Å². The molecular formula is C44H78N12O8. The van der Waals surface area contributed by atoms with E-state index in [1.54, 1.807) is 0 Å². The van der Waals surface area contributed by atoms with E-state index in [0.717, 1.165) is 0 Å². The van der Waals surface area contributed by atoms with Crippen LogP contribution in [0, 0.1) is 0 Å². The van der Waals surface area contributed by atoms with Gasteiger partial charge in [-0.05, 0) is 111 Å². The fourth-order valence-corrected chi connectivity index (χ4v) is 11.0. The third-order valence-electron chi connectivity index (χ3n) is 13.4. The maximum absolute atomic E-state index is 10.9. The fraction of sp³-hybridized carbons (Fsp3) is 0.864. The van der Waals surface area contributed by atoms with Crippen LogP contribution in [0.2, 0.25) is 0 Å². The van der Waals surface area contributed by atoms with Crippen LogP contribution in [0.1, 0.15) is 162 Å². The SMILES string of the molecule is CC1(C)CC(Oc2nc(NCCNc3nc(OC4CC(C)(C)N(O)C(C)(C)C4)nc(OC4CC(C)(C)N(O)C(C)(C)C4)n3)nc(OC3CC(C)(C)N(O)C(C)(C)C3)n2)CC(C)(C)N1O. The van der Waals surface area contributed by atoms with Crippen LogP contribution in [-0.2, 0) is 0 Å². The lowest BCUT2D eigenvalue weighted by molar-refractivity contribution is -0.255. The van der Waals surface area contributed by atoms with Gasteiger partial charge < -0.3 is 50.4 Å². The second-order valence-electron chi connectivity index (χ2n) is 23.6. The molecule has 2 aromatic heterocycles. The van der Waals surface area contributed by atoms with Crippen molar-refractivity contribution in [3.05, 3.63) is 0 Å². The van der Waals surface area contributed by atoms with E-state index in [9.17, 15) is 20.8 Å². The minimum atomic E-state index is -0.555. The predicted molar refractivity (Wildman–Crippen MR) is 238 cm³/mol. The minimum Gasteiger partial charge on any atom is -0.460 e. The molecule has 0 aliphatic carbocycles. The summed E-state index contributed by atoms with van der Waals surface area (Å²) in [7, 11) is 0. The normalized spacial score (nSPS) is 26.2. The largest absolute Gasteiger partial charge is 0.460 e. The topological polar surface area (TPSA) is 232 Å². The van der Waals surface area contributed by atoms with E-state index in [1.807, 2.05) is 111 Å². The van der Waals surface area contributed by atoms with Crippen molar-refractivity contribution in [2.24, 2.45) is 0 Å². The number of anilines is 2. The van der Waals surface area contributed by atoms with Crippen LogP contribution in [0.25, 0.3) is 0 Å². The molecule has 6 N–H and O–H groups in total. The zero-order chi connectivity index (χ0) is 47.6. The van der Waals surface area contributed by atoms with Crippen molar-refractivity contribution < 1.29 is 39.8 Å². The van der Waals surface area contributed by atoms with Gasteiger partial charge in [-0.3, -0.25) is 0 Å². The molecule has 4 saturated heterocycles. The molecule has 0 bridgehead atoms. The van der Waals surface area contributed by atoms with E-state index in [0.29, 0.717) is 64.5 Å². The van der Waals surface area contributed by atoms with Crippen LogP contribution in [0.15, 0.2) is 0 Å². The lowest BCUT2D eigenvalue weighted by Gasteiger charge is -2.51. The van der Waals surface area contributed by atoms with Gasteiger partial charge >= 0.3 is 24.0 Å². The number of aromatic nitrogens is 6. The molecule has 0 unspecified atom stereocenters. The number of ether oxygens (including phenoxy) is 4. The number of nitrogens with one attached hydrogen (secondary N) is 2. The maximum atomic E-state index is 10.9. The van der Waals surface area contributed by atoms with Crippen LogP contribution in [-0.4, -0.2) is 153 Å². The summed E-state index contributed by atoms with van der Waals surface area (Å²) in [4.78, 5) is 27.9. The summed E-state index contributed by atoms with van der Waals surface area (Å²) >= 11 is 0. The van der Waals surface area contributed by atoms with Crippen molar-refractivity contribution in [2.75, 3.05) is 23.7 Å². The predicted octanol–water partition coefficient (Wildman–Crippen LogP) is 6.74. The smallest absolute Gasteiger partial charge is 0.324 e. The molecule has 362 valence electrons. The van der Waals surface area contributed by atoms with Crippen LogP contribution < -0.4 is 29.6 Å². The van der Waals surface area contributed by atoms with Crippen LogP contribution >= 0.6 is 0 Å². The average Bonchev–Trinajstić information content (AvgIpc) is 3.11. The summed E-state index contributed by atoms with van der Waals surface area (Å²) in [5.41, 5.74) is -4.44. The van der Waals surface area contributed by atoms with Crippen molar-refractivity contribution in [2.45, 2.75) is 231 Å². The lowest BCUT2D eigenvalue weighted by Crippen LogP contribution is -2.61. The Kier molecular flexibility index (Phi) is 13.5. The highest BCUT2D eigenvalue weighted by Crippen LogP contribution is 2.42. The number of rotatable bonds is 13. The second-order valence-corrected chi connectivity index (χ2v) is 23.6. The molecule has 6 heterocycles. The number of nitrogens with zero attached hydrogens (tertiary/aromatic N) is 10. The van der Waals surface area contributed by atoms with Gasteiger partial charge in [0.25, 0.3) is 0 Å². The van der Waals surface area contributed by atoms with E-state index in [4.69, 9.17) is 18.9 Å². The minimum absolute atomic E-state index is 0.0967. The van der Waals surface area contributed by atoms with Gasteiger partial charge in [-0.25, -0.2) is 0 Å². The Hall–Kier alpha value is -3.50. The van der Waals surface area contributed by atoms with Gasteiger partial charge in [-0.15, -0.1) is 9.97 Å². The molecule has 6 rings (SSSR count). The van der Waals surface area contributed by atoms with Gasteiger partial charge in [0.1, 0.15) is 24.4 Å². The third-order valence-corrected chi connectivity index (χ3v) is 13.4. The van der Waals surface area contributed by atoms with Gasteiger partial charge in [0.2, 0.25) is 11.9 Å². The Labute approximate surface area is 379 Å². The van der Waals surface area contributed by atoms with E-state index in [-0.39, 0.29) is 60.4 Å². The molecule has 0 saturated carbocycles.